The summed E-state index contributed by atoms with van der Waals surface area (Å²) in [4.78, 5) is 22.9. The van der Waals surface area contributed by atoms with Gasteiger partial charge in [-0.1, -0.05) is 43.5 Å². The van der Waals surface area contributed by atoms with Crippen LogP contribution < -0.4 is 5.32 Å². The Labute approximate surface area is 125 Å². The highest BCUT2D eigenvalue weighted by molar-refractivity contribution is 5.94. The van der Waals surface area contributed by atoms with E-state index in [4.69, 9.17) is 5.11 Å². The van der Waals surface area contributed by atoms with Gasteiger partial charge in [-0.25, -0.2) is 4.79 Å². The van der Waals surface area contributed by atoms with E-state index in [1.54, 1.807) is 6.08 Å². The number of carbonyl (C=O) groups excluding carboxylic acids is 1. The minimum atomic E-state index is -0.989. The van der Waals surface area contributed by atoms with E-state index in [1.165, 1.54) is 11.6 Å². The molecular formula is C17H23NO3. The number of carbonyl (C=O) groups is 2. The Morgan fingerprint density at radius 3 is 2.62 bits per heavy atom. The number of aryl methyl sites for hydroxylation is 2. The number of unbranched alkanes of at least 4 members (excludes halogenated alkanes) is 1. The lowest BCUT2D eigenvalue weighted by Gasteiger charge is -2.12. The molecule has 0 heterocycles. The average molecular weight is 289 g/mol. The van der Waals surface area contributed by atoms with Crippen LogP contribution in [0.25, 0.3) is 6.08 Å². The summed E-state index contributed by atoms with van der Waals surface area (Å²) in [5, 5.41) is 11.6. The van der Waals surface area contributed by atoms with Crippen LogP contribution >= 0.6 is 0 Å². The van der Waals surface area contributed by atoms with Crippen LogP contribution in [-0.4, -0.2) is 23.0 Å². The van der Waals surface area contributed by atoms with Crippen molar-refractivity contribution in [2.45, 2.75) is 46.1 Å². The van der Waals surface area contributed by atoms with Gasteiger partial charge in [-0.2, -0.15) is 0 Å². The second kappa shape index (κ2) is 8.25. The van der Waals surface area contributed by atoms with Gasteiger partial charge in [-0.05, 0) is 37.5 Å². The highest BCUT2D eigenvalue weighted by Gasteiger charge is 2.17. The van der Waals surface area contributed by atoms with Crippen LogP contribution in [0.5, 0.6) is 0 Å². The maximum absolute atomic E-state index is 11.8. The molecule has 0 aliphatic rings. The summed E-state index contributed by atoms with van der Waals surface area (Å²) in [5.41, 5.74) is 3.20. The van der Waals surface area contributed by atoms with E-state index in [1.807, 2.05) is 39.0 Å². The highest BCUT2D eigenvalue weighted by Crippen LogP contribution is 2.12. The maximum Gasteiger partial charge on any atom is 0.326 e. The Hall–Kier alpha value is -2.10. The second-order valence-electron chi connectivity index (χ2n) is 5.24. The zero-order valence-electron chi connectivity index (χ0n) is 12.8. The average Bonchev–Trinajstić information content (AvgIpc) is 2.42. The molecule has 1 rings (SSSR count). The van der Waals surface area contributed by atoms with Gasteiger partial charge in [-0.15, -0.1) is 0 Å². The summed E-state index contributed by atoms with van der Waals surface area (Å²) in [6.07, 6.45) is 5.23. The third kappa shape index (κ3) is 5.81. The van der Waals surface area contributed by atoms with Crippen molar-refractivity contribution in [3.8, 4) is 0 Å². The fraction of sp³-hybridized carbons (Fsp3) is 0.412. The van der Waals surface area contributed by atoms with Crippen LogP contribution in [0.15, 0.2) is 24.3 Å². The van der Waals surface area contributed by atoms with E-state index in [0.717, 1.165) is 24.0 Å². The van der Waals surface area contributed by atoms with Crippen molar-refractivity contribution < 1.29 is 14.7 Å². The normalized spacial score (nSPS) is 12.3. The van der Waals surface area contributed by atoms with E-state index in [2.05, 4.69) is 5.32 Å². The monoisotopic (exact) mass is 289 g/mol. The zero-order valence-corrected chi connectivity index (χ0v) is 12.8. The number of carboxylic acid groups (broad SMARTS) is 1. The van der Waals surface area contributed by atoms with Gasteiger partial charge in [0.05, 0.1) is 0 Å². The van der Waals surface area contributed by atoms with E-state index < -0.39 is 12.0 Å². The second-order valence-corrected chi connectivity index (χ2v) is 5.24. The number of amides is 1. The zero-order chi connectivity index (χ0) is 15.8. The molecule has 2 N–H and O–H groups in total. The van der Waals surface area contributed by atoms with Crippen LogP contribution in [0, 0.1) is 13.8 Å². The Bertz CT molecular complexity index is 535. The van der Waals surface area contributed by atoms with Gasteiger partial charge >= 0.3 is 5.97 Å². The predicted octanol–water partition coefficient (Wildman–Crippen LogP) is 3.08. The molecule has 1 aromatic rings. The Balaban J connectivity index is 2.66. The maximum atomic E-state index is 11.8. The number of rotatable bonds is 7. The SMILES string of the molecule is CCCC[C@H](NC(=O)/C=C/c1ccc(C)cc1C)C(=O)O. The third-order valence-corrected chi connectivity index (χ3v) is 3.30. The van der Waals surface area contributed by atoms with Crippen LogP contribution in [0.2, 0.25) is 0 Å². The smallest absolute Gasteiger partial charge is 0.326 e. The van der Waals surface area contributed by atoms with Crippen LogP contribution in [0.1, 0.15) is 42.9 Å². The largest absolute Gasteiger partial charge is 0.480 e. The molecule has 1 amide bonds. The van der Waals surface area contributed by atoms with E-state index in [0.29, 0.717) is 6.42 Å². The van der Waals surface area contributed by atoms with Crippen molar-refractivity contribution in [2.24, 2.45) is 0 Å². The summed E-state index contributed by atoms with van der Waals surface area (Å²) < 4.78 is 0. The fourth-order valence-electron chi connectivity index (χ4n) is 2.06. The Kier molecular flexibility index (Phi) is 6.66. The lowest BCUT2D eigenvalue weighted by atomic mass is 10.1. The van der Waals surface area contributed by atoms with Crippen LogP contribution in [0.4, 0.5) is 0 Å². The number of carboxylic acids is 1. The van der Waals surface area contributed by atoms with Crippen molar-refractivity contribution in [3.05, 3.63) is 41.0 Å². The molecule has 0 saturated heterocycles. The van der Waals surface area contributed by atoms with Crippen molar-refractivity contribution in [1.29, 1.82) is 0 Å². The minimum absolute atomic E-state index is 0.376. The number of benzene rings is 1. The molecule has 114 valence electrons. The topological polar surface area (TPSA) is 66.4 Å². The van der Waals surface area contributed by atoms with Gasteiger partial charge in [0.15, 0.2) is 0 Å². The summed E-state index contributed by atoms with van der Waals surface area (Å²) in [7, 11) is 0. The number of aliphatic carboxylic acids is 1. The third-order valence-electron chi connectivity index (χ3n) is 3.30. The molecular weight excluding hydrogens is 266 g/mol. The van der Waals surface area contributed by atoms with Gasteiger partial charge in [0.1, 0.15) is 6.04 Å². The molecule has 0 saturated carbocycles. The molecule has 0 bridgehead atoms. The first-order chi connectivity index (χ1) is 9.93. The first-order valence-electron chi connectivity index (χ1n) is 7.22. The summed E-state index contributed by atoms with van der Waals surface area (Å²) in [6, 6.07) is 5.14. The number of nitrogens with one attached hydrogen (secondary N) is 1. The standard InChI is InChI=1S/C17H23NO3/c1-4-5-6-15(17(20)21)18-16(19)10-9-14-8-7-12(2)11-13(14)3/h7-11,15H,4-6H2,1-3H3,(H,18,19)(H,20,21)/b10-9+/t15-/m0/s1. The number of hydrogen-bond donors (Lipinski definition) is 2. The summed E-state index contributed by atoms with van der Waals surface area (Å²) in [6.45, 7) is 5.98. The molecule has 0 aromatic heterocycles. The first kappa shape index (κ1) is 17.0. The van der Waals surface area contributed by atoms with Crippen molar-refractivity contribution in [1.82, 2.24) is 5.32 Å². The highest BCUT2D eigenvalue weighted by atomic mass is 16.4. The van der Waals surface area contributed by atoms with Gasteiger partial charge in [-0.3, -0.25) is 4.79 Å². The molecule has 4 heteroatoms. The van der Waals surface area contributed by atoms with Crippen molar-refractivity contribution in [3.63, 3.8) is 0 Å². The Morgan fingerprint density at radius 2 is 2.05 bits per heavy atom. The molecule has 1 aromatic carbocycles. The molecule has 0 spiro atoms. The van der Waals surface area contributed by atoms with E-state index >= 15 is 0 Å². The van der Waals surface area contributed by atoms with Crippen molar-refractivity contribution in [2.75, 3.05) is 0 Å². The predicted molar refractivity (Wildman–Crippen MR) is 84.0 cm³/mol. The lowest BCUT2D eigenvalue weighted by molar-refractivity contribution is -0.141. The van der Waals surface area contributed by atoms with Gasteiger partial charge in [0, 0.05) is 6.08 Å². The van der Waals surface area contributed by atoms with Gasteiger partial charge < -0.3 is 10.4 Å². The molecule has 1 atom stereocenters. The van der Waals surface area contributed by atoms with Crippen molar-refractivity contribution >= 4 is 18.0 Å². The van der Waals surface area contributed by atoms with Gasteiger partial charge in [0.25, 0.3) is 0 Å². The van der Waals surface area contributed by atoms with Crippen LogP contribution in [0.3, 0.4) is 0 Å². The molecule has 0 fully saturated rings. The lowest BCUT2D eigenvalue weighted by Crippen LogP contribution is -2.39. The molecule has 21 heavy (non-hydrogen) atoms. The Morgan fingerprint density at radius 1 is 1.33 bits per heavy atom. The summed E-state index contributed by atoms with van der Waals surface area (Å²) >= 11 is 0. The van der Waals surface area contributed by atoms with Crippen LogP contribution in [-0.2, 0) is 9.59 Å². The molecule has 0 unspecified atom stereocenters. The van der Waals surface area contributed by atoms with E-state index in [-0.39, 0.29) is 5.91 Å². The molecule has 4 nitrogen and oxygen atoms in total. The quantitative estimate of drug-likeness (QED) is 0.758. The van der Waals surface area contributed by atoms with Gasteiger partial charge in [0.2, 0.25) is 5.91 Å². The molecule has 0 radical (unpaired) electrons. The summed E-state index contributed by atoms with van der Waals surface area (Å²) in [5.74, 6) is -1.37. The fourth-order valence-corrected chi connectivity index (χ4v) is 2.06. The van der Waals surface area contributed by atoms with E-state index in [9.17, 15) is 9.59 Å². The first-order valence-corrected chi connectivity index (χ1v) is 7.22. The molecule has 0 aliphatic carbocycles. The molecule has 0 aliphatic heterocycles. The number of hydrogen-bond acceptors (Lipinski definition) is 2. The minimum Gasteiger partial charge on any atom is -0.480 e.